The highest BCUT2D eigenvalue weighted by Crippen LogP contribution is 2.40. The number of rotatable bonds is 11. The van der Waals surface area contributed by atoms with Crippen molar-refractivity contribution in [1.29, 1.82) is 0 Å². The maximum Gasteiger partial charge on any atom is 0.416 e. The summed E-state index contributed by atoms with van der Waals surface area (Å²) in [4.78, 5) is 49.7. The second-order valence-electron chi connectivity index (χ2n) is 9.89. The molecule has 0 saturated carbocycles. The fourth-order valence-electron chi connectivity index (χ4n) is 4.79. The lowest BCUT2D eigenvalue weighted by molar-refractivity contribution is -0.384. The van der Waals surface area contributed by atoms with Crippen molar-refractivity contribution in [3.05, 3.63) is 91.6 Å². The smallest absolute Gasteiger partial charge is 0.416 e. The zero-order chi connectivity index (χ0) is 33.0. The van der Waals surface area contributed by atoms with Gasteiger partial charge in [-0.15, -0.1) is 21.5 Å². The highest BCUT2D eigenvalue weighted by atomic mass is 32.2. The van der Waals surface area contributed by atoms with Crippen LogP contribution in [0.1, 0.15) is 55.9 Å². The number of nitrogens with one attached hydrogen (secondary N) is 2. The first-order chi connectivity index (χ1) is 22.0. The molecular weight excluding hydrogens is 649 g/mol. The van der Waals surface area contributed by atoms with E-state index in [0.29, 0.717) is 17.0 Å². The number of non-ortho nitro benzene ring substituents is 1. The van der Waals surface area contributed by atoms with Crippen molar-refractivity contribution in [2.75, 3.05) is 17.7 Å². The summed E-state index contributed by atoms with van der Waals surface area (Å²) in [7, 11) is 0. The molecule has 0 bridgehead atoms. The Balaban J connectivity index is 1.36. The van der Waals surface area contributed by atoms with Gasteiger partial charge in [-0.2, -0.15) is 13.2 Å². The van der Waals surface area contributed by atoms with E-state index in [9.17, 15) is 37.7 Å². The van der Waals surface area contributed by atoms with Crippen LogP contribution in [0.15, 0.2) is 53.7 Å². The Labute approximate surface area is 267 Å². The Morgan fingerprint density at radius 3 is 2.59 bits per heavy atom. The molecule has 46 heavy (non-hydrogen) atoms. The zero-order valence-electron chi connectivity index (χ0n) is 24.1. The van der Waals surface area contributed by atoms with Gasteiger partial charge >= 0.3 is 12.1 Å². The molecule has 2 N–H and O–H groups in total. The van der Waals surface area contributed by atoms with E-state index in [1.54, 1.807) is 6.92 Å². The fourth-order valence-corrected chi connectivity index (χ4v) is 6.85. The molecule has 0 fully saturated rings. The van der Waals surface area contributed by atoms with Gasteiger partial charge in [-0.3, -0.25) is 24.3 Å². The van der Waals surface area contributed by atoms with Gasteiger partial charge < -0.3 is 15.4 Å². The largest absolute Gasteiger partial charge is 0.462 e. The lowest BCUT2D eigenvalue weighted by Crippen LogP contribution is -2.24. The Morgan fingerprint density at radius 2 is 1.89 bits per heavy atom. The summed E-state index contributed by atoms with van der Waals surface area (Å²) < 4.78 is 47.2. The van der Waals surface area contributed by atoms with Crippen LogP contribution < -0.4 is 10.6 Å². The SMILES string of the molecule is CCOC(=O)c1c(NC(=O)CSc2nnc(CNC(=O)c3ccc([N+](=O)[O-])cc3)n2-c2cccc(C(F)(F)F)c2)sc2c1CCC2. The zero-order valence-corrected chi connectivity index (χ0v) is 25.7. The van der Waals surface area contributed by atoms with Gasteiger partial charge in [-0.1, -0.05) is 17.8 Å². The first-order valence-corrected chi connectivity index (χ1v) is 15.6. The van der Waals surface area contributed by atoms with Crippen LogP contribution in [0.25, 0.3) is 5.69 Å². The van der Waals surface area contributed by atoms with Crippen molar-refractivity contribution >= 4 is 51.6 Å². The molecule has 4 aromatic rings. The number of aryl methyl sites for hydroxylation is 1. The van der Waals surface area contributed by atoms with Gasteiger partial charge in [0, 0.05) is 22.6 Å². The van der Waals surface area contributed by atoms with Gasteiger partial charge in [0.2, 0.25) is 5.91 Å². The molecule has 0 unspecified atom stereocenters. The number of aromatic nitrogens is 3. The summed E-state index contributed by atoms with van der Waals surface area (Å²) in [5.74, 6) is -1.77. The summed E-state index contributed by atoms with van der Waals surface area (Å²) in [6.07, 6.45) is -2.24. The van der Waals surface area contributed by atoms with E-state index in [1.807, 2.05) is 0 Å². The number of halogens is 3. The van der Waals surface area contributed by atoms with Crippen LogP contribution in [-0.2, 0) is 35.1 Å². The highest BCUT2D eigenvalue weighted by molar-refractivity contribution is 7.99. The Bertz CT molecular complexity index is 1810. The maximum absolute atomic E-state index is 13.6. The molecule has 0 saturated heterocycles. The number of carbonyl (C=O) groups excluding carboxylic acids is 3. The van der Waals surface area contributed by atoms with E-state index in [4.69, 9.17) is 4.74 Å². The minimum absolute atomic E-state index is 0.0431. The molecule has 0 spiro atoms. The molecule has 0 radical (unpaired) electrons. The number of hydrogen-bond donors (Lipinski definition) is 2. The first kappa shape index (κ1) is 32.6. The molecule has 5 rings (SSSR count). The average Bonchev–Trinajstić information content (AvgIpc) is 3.73. The van der Waals surface area contributed by atoms with Crippen molar-refractivity contribution in [1.82, 2.24) is 20.1 Å². The molecule has 2 aromatic carbocycles. The molecule has 2 aromatic heterocycles. The molecular formula is C29H25F3N6O6S2. The highest BCUT2D eigenvalue weighted by Gasteiger charge is 2.31. The van der Waals surface area contributed by atoms with E-state index >= 15 is 0 Å². The minimum atomic E-state index is -4.64. The Morgan fingerprint density at radius 1 is 1.13 bits per heavy atom. The lowest BCUT2D eigenvalue weighted by Gasteiger charge is -2.13. The molecule has 2 heterocycles. The molecule has 2 amide bonds. The molecule has 0 atom stereocenters. The topological polar surface area (TPSA) is 158 Å². The number of thioether (sulfide) groups is 1. The molecule has 12 nitrogen and oxygen atoms in total. The number of amides is 2. The Kier molecular flexibility index (Phi) is 9.71. The predicted octanol–water partition coefficient (Wildman–Crippen LogP) is 5.58. The third-order valence-corrected chi connectivity index (χ3v) is 9.00. The number of anilines is 1. The predicted molar refractivity (Wildman–Crippen MR) is 162 cm³/mol. The van der Waals surface area contributed by atoms with Crippen molar-refractivity contribution in [3.8, 4) is 5.69 Å². The van der Waals surface area contributed by atoms with Crippen molar-refractivity contribution in [3.63, 3.8) is 0 Å². The van der Waals surface area contributed by atoms with Gasteiger partial charge in [0.15, 0.2) is 11.0 Å². The second-order valence-corrected chi connectivity index (χ2v) is 11.9. The average molecular weight is 675 g/mol. The lowest BCUT2D eigenvalue weighted by atomic mass is 10.1. The molecule has 17 heteroatoms. The number of carbonyl (C=O) groups is 3. The number of thiophene rings is 1. The van der Waals surface area contributed by atoms with Crippen LogP contribution >= 0.6 is 23.1 Å². The van der Waals surface area contributed by atoms with E-state index in [2.05, 4.69) is 20.8 Å². The van der Waals surface area contributed by atoms with Crippen LogP contribution in [0.4, 0.5) is 23.9 Å². The molecule has 1 aliphatic carbocycles. The number of nitro groups is 1. The number of nitro benzene ring substituents is 1. The third-order valence-electron chi connectivity index (χ3n) is 6.87. The number of benzene rings is 2. The minimum Gasteiger partial charge on any atom is -0.462 e. The number of ether oxygens (including phenoxy) is 1. The third kappa shape index (κ3) is 7.20. The van der Waals surface area contributed by atoms with Crippen molar-refractivity contribution in [2.45, 2.75) is 44.1 Å². The number of nitrogens with zero attached hydrogens (tertiary/aromatic N) is 4. The number of alkyl halides is 3. The van der Waals surface area contributed by atoms with Gasteiger partial charge in [-0.25, -0.2) is 4.79 Å². The summed E-state index contributed by atoms with van der Waals surface area (Å²) in [6.45, 7) is 1.60. The summed E-state index contributed by atoms with van der Waals surface area (Å²) in [5, 5.41) is 24.8. The van der Waals surface area contributed by atoms with Gasteiger partial charge in [0.1, 0.15) is 5.00 Å². The Hall–Kier alpha value is -4.77. The maximum atomic E-state index is 13.6. The normalized spacial score (nSPS) is 12.4. The van der Waals surface area contributed by atoms with Gasteiger partial charge in [0.25, 0.3) is 11.6 Å². The van der Waals surface area contributed by atoms with E-state index in [0.717, 1.165) is 47.2 Å². The van der Waals surface area contributed by atoms with Gasteiger partial charge in [0.05, 0.1) is 40.6 Å². The van der Waals surface area contributed by atoms with Crippen LogP contribution in [0, 0.1) is 10.1 Å². The van der Waals surface area contributed by atoms with Crippen molar-refractivity contribution < 1.29 is 37.2 Å². The van der Waals surface area contributed by atoms with Crippen molar-refractivity contribution in [2.24, 2.45) is 0 Å². The molecule has 1 aliphatic rings. The number of esters is 1. The number of fused-ring (bicyclic) bond motifs is 1. The van der Waals surface area contributed by atoms with E-state index in [1.165, 1.54) is 52.3 Å². The molecule has 0 aliphatic heterocycles. The standard InChI is InChI=1S/C29H25F3N6O6S2/c1-2-44-27(41)24-20-7-4-8-21(20)46-26(24)34-23(39)15-45-28-36-35-22(37(28)19-6-3-5-17(13-19)29(30,31)32)14-33-25(40)16-9-11-18(12-10-16)38(42)43/h3,5-6,9-13H,2,4,7-8,14-15H2,1H3,(H,33,40)(H,34,39). The first-order valence-electron chi connectivity index (χ1n) is 13.8. The summed E-state index contributed by atoms with van der Waals surface area (Å²) in [5.41, 5.74) is 0.245. The van der Waals surface area contributed by atoms with E-state index < -0.39 is 34.4 Å². The van der Waals surface area contributed by atoms with Crippen LogP contribution in [0.3, 0.4) is 0 Å². The molecule has 240 valence electrons. The fraction of sp³-hybridized carbons (Fsp3) is 0.276. The summed E-state index contributed by atoms with van der Waals surface area (Å²) in [6, 6.07) is 9.28. The number of hydrogen-bond acceptors (Lipinski definition) is 10. The van der Waals surface area contributed by atoms with Crippen LogP contribution in [-0.4, -0.2) is 49.8 Å². The van der Waals surface area contributed by atoms with Crippen LogP contribution in [0.2, 0.25) is 0 Å². The van der Waals surface area contributed by atoms with Gasteiger partial charge in [-0.05, 0) is 62.1 Å². The van der Waals surface area contributed by atoms with E-state index in [-0.39, 0.29) is 46.8 Å². The van der Waals surface area contributed by atoms with Crippen LogP contribution in [0.5, 0.6) is 0 Å². The quantitative estimate of drug-likeness (QED) is 0.0897. The summed E-state index contributed by atoms with van der Waals surface area (Å²) >= 11 is 2.22. The monoisotopic (exact) mass is 674 g/mol. The second kappa shape index (κ2) is 13.7.